The topological polar surface area (TPSA) is 50.4 Å². The van der Waals surface area contributed by atoms with Crippen LogP contribution in [0.15, 0.2) is 82.4 Å². The summed E-state index contributed by atoms with van der Waals surface area (Å²) in [6.07, 6.45) is 2.47. The summed E-state index contributed by atoms with van der Waals surface area (Å²) >= 11 is 0. The van der Waals surface area contributed by atoms with E-state index in [0.29, 0.717) is 16.8 Å². The molecule has 0 aliphatic rings. The number of hydrogen-bond acceptors (Lipinski definition) is 3. The molecule has 0 atom stereocenters. The van der Waals surface area contributed by atoms with Gasteiger partial charge in [-0.1, -0.05) is 13.2 Å². The normalized spacial score (nSPS) is 12.7. The third-order valence-corrected chi connectivity index (χ3v) is 4.30. The predicted molar refractivity (Wildman–Crippen MR) is 110 cm³/mol. The van der Waals surface area contributed by atoms with Crippen LogP contribution in [0, 0.1) is 12.9 Å². The third kappa shape index (κ3) is 4.13. The third-order valence-electron chi connectivity index (χ3n) is 4.30. The van der Waals surface area contributed by atoms with Gasteiger partial charge in [-0.25, -0.2) is 13.8 Å². The second kappa shape index (κ2) is 8.18. The van der Waals surface area contributed by atoms with Crippen LogP contribution in [0.3, 0.4) is 0 Å². The number of aryl methyl sites for hydroxylation is 1. The number of allylic oxidation sites excluding steroid dienone is 2. The Labute approximate surface area is 165 Å². The minimum absolute atomic E-state index is 0.0679. The molecule has 3 aromatic rings. The average molecular weight is 397 g/mol. The Balaban J connectivity index is 1.91. The zero-order valence-electron chi connectivity index (χ0n) is 15.9. The Bertz CT molecular complexity index is 1160. The summed E-state index contributed by atoms with van der Waals surface area (Å²) in [4.78, 5) is 8.16. The van der Waals surface area contributed by atoms with Crippen molar-refractivity contribution in [3.63, 3.8) is 0 Å². The highest BCUT2D eigenvalue weighted by Gasteiger charge is 2.16. The van der Waals surface area contributed by atoms with Crippen LogP contribution >= 0.6 is 0 Å². The summed E-state index contributed by atoms with van der Waals surface area (Å²) in [6, 6.07) is 7.66. The lowest BCUT2D eigenvalue weighted by atomic mass is 10.0. The zero-order valence-corrected chi connectivity index (χ0v) is 15.9. The van der Waals surface area contributed by atoms with Gasteiger partial charge in [0.05, 0.1) is 5.57 Å². The van der Waals surface area contributed by atoms with Crippen LogP contribution in [0.4, 0.5) is 19.0 Å². The second-order valence-corrected chi connectivity index (χ2v) is 6.22. The van der Waals surface area contributed by atoms with Gasteiger partial charge in [-0.05, 0) is 48.4 Å². The fourth-order valence-corrected chi connectivity index (χ4v) is 2.92. The first-order chi connectivity index (χ1) is 13.8. The number of rotatable bonds is 5. The molecule has 1 aromatic carbocycles. The van der Waals surface area contributed by atoms with E-state index in [1.165, 1.54) is 13.1 Å². The van der Waals surface area contributed by atoms with E-state index in [4.69, 9.17) is 4.42 Å². The highest BCUT2D eigenvalue weighted by Crippen LogP contribution is 2.30. The number of halogens is 3. The summed E-state index contributed by atoms with van der Waals surface area (Å²) in [5.41, 5.74) is 2.58. The summed E-state index contributed by atoms with van der Waals surface area (Å²) in [6.45, 7) is 8.31. The van der Waals surface area contributed by atoms with Crippen LogP contribution in [0.2, 0.25) is 0 Å². The molecule has 0 saturated carbocycles. The number of aliphatic imine (C=N–C) groups is 1. The molecule has 4 nitrogen and oxygen atoms in total. The number of hydrogen-bond donors (Lipinski definition) is 1. The number of benzene rings is 1. The Morgan fingerprint density at radius 2 is 2.00 bits per heavy atom. The van der Waals surface area contributed by atoms with Gasteiger partial charge in [0.25, 0.3) is 6.01 Å². The fraction of sp³-hybridized carbons (Fsp3) is 0.0909. The van der Waals surface area contributed by atoms with Crippen molar-refractivity contribution in [1.29, 1.82) is 0 Å². The molecule has 29 heavy (non-hydrogen) atoms. The molecule has 2 aromatic heterocycles. The lowest BCUT2D eigenvalue weighted by Gasteiger charge is -2.12. The van der Waals surface area contributed by atoms with Gasteiger partial charge >= 0.3 is 0 Å². The maximum Gasteiger partial charge on any atom is 0.278 e. The number of nitrogens with zero attached hydrogens (tertiary/aromatic N) is 2. The van der Waals surface area contributed by atoms with E-state index < -0.39 is 23.2 Å². The van der Waals surface area contributed by atoms with Gasteiger partial charge in [0.1, 0.15) is 28.9 Å². The van der Waals surface area contributed by atoms with Gasteiger partial charge in [-0.15, -0.1) is 0 Å². The summed E-state index contributed by atoms with van der Waals surface area (Å²) in [5, 5.41) is 3.42. The molecule has 2 heterocycles. The lowest BCUT2D eigenvalue weighted by molar-refractivity contribution is 0.381. The van der Waals surface area contributed by atoms with Crippen molar-refractivity contribution in [2.24, 2.45) is 4.99 Å². The molecule has 0 amide bonds. The van der Waals surface area contributed by atoms with E-state index in [9.17, 15) is 13.2 Å². The summed E-state index contributed by atoms with van der Waals surface area (Å²) in [5.74, 6) is -1.61. The molecule has 7 heteroatoms. The first kappa shape index (κ1) is 20.1. The highest BCUT2D eigenvalue weighted by atomic mass is 19.1. The van der Waals surface area contributed by atoms with E-state index in [1.807, 2.05) is 13.0 Å². The van der Waals surface area contributed by atoms with Crippen molar-refractivity contribution < 1.29 is 17.6 Å². The van der Waals surface area contributed by atoms with Gasteiger partial charge < -0.3 is 9.73 Å². The second-order valence-electron chi connectivity index (χ2n) is 6.22. The van der Waals surface area contributed by atoms with Gasteiger partial charge in [0.15, 0.2) is 0 Å². The number of furan rings is 1. The van der Waals surface area contributed by atoms with Crippen LogP contribution in [0.1, 0.15) is 5.56 Å². The van der Waals surface area contributed by atoms with Gasteiger partial charge in [0, 0.05) is 30.3 Å². The maximum atomic E-state index is 13.9. The number of anilines is 1. The van der Waals surface area contributed by atoms with E-state index in [0.717, 1.165) is 22.8 Å². The number of amidine groups is 1. The quantitative estimate of drug-likeness (QED) is 0.313. The Morgan fingerprint density at radius 3 is 2.59 bits per heavy atom. The van der Waals surface area contributed by atoms with E-state index >= 15 is 0 Å². The molecule has 0 spiro atoms. The van der Waals surface area contributed by atoms with Gasteiger partial charge in [-0.3, -0.25) is 4.99 Å². The van der Waals surface area contributed by atoms with Crippen molar-refractivity contribution in [2.45, 2.75) is 6.92 Å². The minimum atomic E-state index is -0.983. The molecule has 0 saturated heterocycles. The smallest absolute Gasteiger partial charge is 0.278 e. The predicted octanol–water partition coefficient (Wildman–Crippen LogP) is 6.28. The first-order valence-corrected chi connectivity index (χ1v) is 8.61. The molecule has 3 rings (SSSR count). The maximum absolute atomic E-state index is 13.9. The van der Waals surface area contributed by atoms with Crippen LogP contribution in [0.5, 0.6) is 0 Å². The molecule has 148 valence electrons. The fourth-order valence-electron chi connectivity index (χ4n) is 2.92. The van der Waals surface area contributed by atoms with Crippen molar-refractivity contribution in [2.75, 3.05) is 12.4 Å². The van der Waals surface area contributed by atoms with E-state index in [1.54, 1.807) is 24.4 Å². The van der Waals surface area contributed by atoms with Crippen LogP contribution < -0.4 is 5.32 Å². The molecule has 0 bridgehead atoms. The number of aromatic nitrogens is 1. The standard InChI is InChI=1S/C22H18F3N3O/c1-5-17(24)21(13(3)23)22(26-4)28-20-7-6-14(11-27-20)16-9-15-10-19(25)29-18(15)8-12(16)2/h5-11H,1,3H2,2,4H3,(H,26,27,28)/b21-17-. The monoisotopic (exact) mass is 397 g/mol. The number of nitrogens with one attached hydrogen (secondary N) is 1. The van der Waals surface area contributed by atoms with Crippen LogP contribution in [-0.4, -0.2) is 17.9 Å². The van der Waals surface area contributed by atoms with Crippen LogP contribution in [0.25, 0.3) is 22.1 Å². The molecule has 0 aliphatic heterocycles. The SMILES string of the molecule is C=C/C(F)=C(\C(=C)F)C(=NC)Nc1ccc(-c2cc3cc(F)oc3cc2C)cn1. The van der Waals surface area contributed by atoms with Crippen molar-refractivity contribution in [3.8, 4) is 11.1 Å². The van der Waals surface area contributed by atoms with Gasteiger partial charge in [0.2, 0.25) is 0 Å². The van der Waals surface area contributed by atoms with Crippen LogP contribution in [-0.2, 0) is 0 Å². The van der Waals surface area contributed by atoms with Crippen molar-refractivity contribution >= 4 is 22.6 Å². The summed E-state index contributed by atoms with van der Waals surface area (Å²) in [7, 11) is 1.39. The zero-order chi connectivity index (χ0) is 21.1. The molecule has 0 aliphatic carbocycles. The van der Waals surface area contributed by atoms with Crippen molar-refractivity contribution in [3.05, 3.63) is 84.6 Å². The Kier molecular flexibility index (Phi) is 5.68. The lowest BCUT2D eigenvalue weighted by Crippen LogP contribution is -2.17. The molecular weight excluding hydrogens is 379 g/mol. The van der Waals surface area contributed by atoms with Gasteiger partial charge in [-0.2, -0.15) is 4.39 Å². The number of pyridine rings is 1. The molecule has 0 radical (unpaired) electrons. The molecule has 0 fully saturated rings. The average Bonchev–Trinajstić information content (AvgIpc) is 3.05. The van der Waals surface area contributed by atoms with E-state index in [-0.39, 0.29) is 5.84 Å². The Hall–Kier alpha value is -3.61. The first-order valence-electron chi connectivity index (χ1n) is 8.61. The highest BCUT2D eigenvalue weighted by molar-refractivity contribution is 6.10. The Morgan fingerprint density at radius 1 is 1.24 bits per heavy atom. The van der Waals surface area contributed by atoms with Crippen molar-refractivity contribution in [1.82, 2.24) is 4.98 Å². The molecular formula is C22H18F3N3O. The number of fused-ring (bicyclic) bond motifs is 1. The minimum Gasteiger partial charge on any atom is -0.431 e. The summed E-state index contributed by atoms with van der Waals surface area (Å²) < 4.78 is 46.0. The largest absolute Gasteiger partial charge is 0.431 e. The molecule has 0 unspecified atom stereocenters. The molecule has 1 N–H and O–H groups in total. The van der Waals surface area contributed by atoms with E-state index in [2.05, 4.69) is 28.5 Å².